The molecule has 0 aromatic rings. The Morgan fingerprint density at radius 1 is 1.06 bits per heavy atom. The Kier molecular flexibility index (Phi) is 10.2. The number of amides is 1. The molecule has 0 heterocycles. The third kappa shape index (κ3) is 6.67. The molecule has 0 bridgehead atoms. The highest BCUT2D eigenvalue weighted by Crippen LogP contribution is 2.17. The molecule has 3 heteroatoms. The van der Waals surface area contributed by atoms with Crippen molar-refractivity contribution in [2.24, 2.45) is 11.7 Å². The first kappa shape index (κ1) is 16.4. The predicted molar refractivity (Wildman–Crippen MR) is 73.8 cm³/mol. The largest absolute Gasteiger partial charge is 0.342 e. The summed E-state index contributed by atoms with van der Waals surface area (Å²) in [5, 5.41) is 0. The van der Waals surface area contributed by atoms with Crippen LogP contribution in [-0.4, -0.2) is 30.4 Å². The van der Waals surface area contributed by atoms with Crippen molar-refractivity contribution >= 4 is 5.91 Å². The van der Waals surface area contributed by atoms with Crippen LogP contribution in [0.1, 0.15) is 59.3 Å². The van der Waals surface area contributed by atoms with Crippen molar-refractivity contribution in [2.45, 2.75) is 59.3 Å². The van der Waals surface area contributed by atoms with E-state index >= 15 is 0 Å². The number of hydrogen-bond donors (Lipinski definition) is 1. The Bertz CT molecular complexity index is 189. The lowest BCUT2D eigenvalue weighted by molar-refractivity contribution is -0.136. The number of hydrogen-bond acceptors (Lipinski definition) is 2. The lowest BCUT2D eigenvalue weighted by Gasteiger charge is -2.27. The zero-order valence-corrected chi connectivity index (χ0v) is 11.9. The first-order valence-corrected chi connectivity index (χ1v) is 7.19. The number of nitrogens with two attached hydrogens (primary N) is 1. The molecule has 0 aromatic heterocycles. The lowest BCUT2D eigenvalue weighted by Crippen LogP contribution is -2.38. The molecule has 0 aromatic carbocycles. The summed E-state index contributed by atoms with van der Waals surface area (Å²) in [7, 11) is 0. The smallest absolute Gasteiger partial charge is 0.225 e. The first-order valence-electron chi connectivity index (χ1n) is 7.19. The van der Waals surface area contributed by atoms with Crippen LogP contribution in [0.4, 0.5) is 0 Å². The molecule has 0 atom stereocenters. The molecule has 0 fully saturated rings. The summed E-state index contributed by atoms with van der Waals surface area (Å²) in [5.41, 5.74) is 5.53. The molecule has 0 aliphatic heterocycles. The van der Waals surface area contributed by atoms with Crippen molar-refractivity contribution in [1.82, 2.24) is 4.90 Å². The van der Waals surface area contributed by atoms with E-state index in [1.165, 1.54) is 0 Å². The van der Waals surface area contributed by atoms with Crippen molar-refractivity contribution in [3.63, 3.8) is 0 Å². The number of nitrogens with zero attached hydrogens (tertiary/aromatic N) is 1. The van der Waals surface area contributed by atoms with Crippen LogP contribution >= 0.6 is 0 Å². The fourth-order valence-corrected chi connectivity index (χ4v) is 2.23. The third-order valence-corrected chi connectivity index (χ3v) is 3.06. The minimum Gasteiger partial charge on any atom is -0.342 e. The molecule has 2 N–H and O–H groups in total. The quantitative estimate of drug-likeness (QED) is 0.640. The molecule has 0 rings (SSSR count). The minimum atomic E-state index is 0.231. The maximum atomic E-state index is 12.4. The molecule has 3 nitrogen and oxygen atoms in total. The molecule has 102 valence electrons. The van der Waals surface area contributed by atoms with Crippen molar-refractivity contribution in [2.75, 3.05) is 19.6 Å². The van der Waals surface area contributed by atoms with Crippen LogP contribution in [-0.2, 0) is 4.79 Å². The van der Waals surface area contributed by atoms with E-state index in [0.717, 1.165) is 51.6 Å². The molecule has 0 saturated carbocycles. The second-order valence-corrected chi connectivity index (χ2v) is 4.74. The highest BCUT2D eigenvalue weighted by molar-refractivity contribution is 5.78. The van der Waals surface area contributed by atoms with E-state index in [2.05, 4.69) is 20.8 Å². The average Bonchev–Trinajstić information content (AvgIpc) is 2.33. The Balaban J connectivity index is 4.40. The number of carbonyl (C=O) groups is 1. The van der Waals surface area contributed by atoms with Crippen molar-refractivity contribution < 1.29 is 4.79 Å². The topological polar surface area (TPSA) is 46.3 Å². The Morgan fingerprint density at radius 2 is 1.65 bits per heavy atom. The van der Waals surface area contributed by atoms with Gasteiger partial charge in [0.15, 0.2) is 0 Å². The monoisotopic (exact) mass is 242 g/mol. The van der Waals surface area contributed by atoms with Crippen LogP contribution in [0.3, 0.4) is 0 Å². The molecular weight excluding hydrogens is 212 g/mol. The summed E-state index contributed by atoms with van der Waals surface area (Å²) < 4.78 is 0. The summed E-state index contributed by atoms with van der Waals surface area (Å²) in [4.78, 5) is 14.4. The zero-order chi connectivity index (χ0) is 13.1. The van der Waals surface area contributed by atoms with Gasteiger partial charge in [0.2, 0.25) is 5.91 Å². The van der Waals surface area contributed by atoms with Gasteiger partial charge >= 0.3 is 0 Å². The van der Waals surface area contributed by atoms with E-state index in [9.17, 15) is 4.79 Å². The highest BCUT2D eigenvalue weighted by Gasteiger charge is 2.21. The van der Waals surface area contributed by atoms with Crippen LogP contribution in [0.2, 0.25) is 0 Å². The molecule has 0 radical (unpaired) electrons. The zero-order valence-electron chi connectivity index (χ0n) is 11.9. The molecule has 0 aliphatic carbocycles. The van der Waals surface area contributed by atoms with Gasteiger partial charge in [0, 0.05) is 19.0 Å². The van der Waals surface area contributed by atoms with E-state index in [1.807, 2.05) is 4.90 Å². The van der Waals surface area contributed by atoms with Crippen LogP contribution < -0.4 is 5.73 Å². The van der Waals surface area contributed by atoms with Gasteiger partial charge < -0.3 is 10.6 Å². The van der Waals surface area contributed by atoms with Crippen LogP contribution in [0.25, 0.3) is 0 Å². The van der Waals surface area contributed by atoms with Crippen LogP contribution in [0.15, 0.2) is 0 Å². The highest BCUT2D eigenvalue weighted by atomic mass is 16.2. The molecule has 1 amide bonds. The molecule has 0 unspecified atom stereocenters. The van der Waals surface area contributed by atoms with Gasteiger partial charge in [0.1, 0.15) is 0 Å². The molecule has 0 spiro atoms. The summed E-state index contributed by atoms with van der Waals surface area (Å²) in [6, 6.07) is 0. The van der Waals surface area contributed by atoms with Gasteiger partial charge in [0.25, 0.3) is 0 Å². The lowest BCUT2D eigenvalue weighted by atomic mass is 9.96. The first-order chi connectivity index (χ1) is 8.21. The van der Waals surface area contributed by atoms with Crippen molar-refractivity contribution in [1.29, 1.82) is 0 Å². The van der Waals surface area contributed by atoms with Gasteiger partial charge in [-0.1, -0.05) is 33.6 Å². The van der Waals surface area contributed by atoms with Crippen molar-refractivity contribution in [3.8, 4) is 0 Å². The third-order valence-electron chi connectivity index (χ3n) is 3.06. The summed E-state index contributed by atoms with van der Waals surface area (Å²) >= 11 is 0. The van der Waals surface area contributed by atoms with Gasteiger partial charge in [-0.05, 0) is 32.2 Å². The Labute approximate surface area is 107 Å². The van der Waals surface area contributed by atoms with Gasteiger partial charge in [-0.2, -0.15) is 0 Å². The molecule has 17 heavy (non-hydrogen) atoms. The average molecular weight is 242 g/mol. The summed E-state index contributed by atoms with van der Waals surface area (Å²) in [6.45, 7) is 8.80. The van der Waals surface area contributed by atoms with Crippen molar-refractivity contribution in [3.05, 3.63) is 0 Å². The standard InChI is InChI=1S/C14H30N2O/c1-4-8-13(9-5-2)14(17)16(11-6-3)12-7-10-15/h13H,4-12,15H2,1-3H3. The van der Waals surface area contributed by atoms with E-state index in [-0.39, 0.29) is 5.92 Å². The molecular formula is C14H30N2O. The fraction of sp³-hybridized carbons (Fsp3) is 0.929. The Morgan fingerprint density at radius 3 is 2.06 bits per heavy atom. The minimum absolute atomic E-state index is 0.231. The predicted octanol–water partition coefficient (Wildman–Crippen LogP) is 2.79. The van der Waals surface area contributed by atoms with Gasteiger partial charge in [-0.25, -0.2) is 0 Å². The van der Waals surface area contributed by atoms with E-state index < -0.39 is 0 Å². The van der Waals surface area contributed by atoms with Gasteiger partial charge in [-0.15, -0.1) is 0 Å². The van der Waals surface area contributed by atoms with Gasteiger partial charge in [-0.3, -0.25) is 4.79 Å². The maximum Gasteiger partial charge on any atom is 0.225 e. The second kappa shape index (κ2) is 10.6. The summed E-state index contributed by atoms with van der Waals surface area (Å²) in [5.74, 6) is 0.582. The van der Waals surface area contributed by atoms with E-state index in [1.54, 1.807) is 0 Å². The number of carbonyl (C=O) groups excluding carboxylic acids is 1. The molecule has 0 aliphatic rings. The maximum absolute atomic E-state index is 12.4. The van der Waals surface area contributed by atoms with E-state index in [4.69, 9.17) is 5.73 Å². The van der Waals surface area contributed by atoms with Crippen LogP contribution in [0.5, 0.6) is 0 Å². The SMILES string of the molecule is CCCC(CCC)C(=O)N(CCC)CCCN. The molecule has 0 saturated heterocycles. The second-order valence-electron chi connectivity index (χ2n) is 4.74. The van der Waals surface area contributed by atoms with Crippen LogP contribution in [0, 0.1) is 5.92 Å². The summed E-state index contributed by atoms with van der Waals surface area (Å²) in [6.07, 6.45) is 6.17. The fourth-order valence-electron chi connectivity index (χ4n) is 2.23. The number of rotatable bonds is 10. The van der Waals surface area contributed by atoms with Gasteiger partial charge in [0.05, 0.1) is 0 Å². The normalized spacial score (nSPS) is 10.9. The van der Waals surface area contributed by atoms with E-state index in [0.29, 0.717) is 12.5 Å². The Hall–Kier alpha value is -0.570.